The van der Waals surface area contributed by atoms with E-state index in [1.165, 1.54) is 5.57 Å². The van der Waals surface area contributed by atoms with Gasteiger partial charge in [-0.05, 0) is 18.6 Å². The fraction of sp³-hybridized carbons (Fsp3) is 0.231. The number of benzene rings is 1. The summed E-state index contributed by atoms with van der Waals surface area (Å²) in [7, 11) is 0. The van der Waals surface area contributed by atoms with Crippen LogP contribution in [0.5, 0.6) is 0 Å². The molecule has 1 aromatic carbocycles. The van der Waals surface area contributed by atoms with Gasteiger partial charge in [-0.3, -0.25) is 0 Å². The van der Waals surface area contributed by atoms with Gasteiger partial charge >= 0.3 is 0 Å². The number of nitrogens with one attached hydrogen (secondary N) is 1. The number of hydrogen-bond acceptors (Lipinski definition) is 1. The summed E-state index contributed by atoms with van der Waals surface area (Å²) < 4.78 is 0. The quantitative estimate of drug-likeness (QED) is 0.606. The monoisotopic (exact) mass is 183 g/mol. The van der Waals surface area contributed by atoms with E-state index >= 15 is 0 Å². The molecule has 0 bridgehead atoms. The molecule has 0 aromatic heterocycles. The molecule has 1 nitrogen and oxygen atoms in total. The third-order valence-electron chi connectivity index (χ3n) is 2.21. The molecular weight excluding hydrogens is 170 g/mol. The Kier molecular flexibility index (Phi) is 3.00. The average molecular weight is 183 g/mol. The van der Waals surface area contributed by atoms with Crippen LogP contribution in [0.3, 0.4) is 0 Å². The Hall–Kier alpha value is -1.52. The second-order valence-electron chi connectivity index (χ2n) is 3.30. The van der Waals surface area contributed by atoms with Gasteiger partial charge in [0.05, 0.1) is 0 Å². The summed E-state index contributed by atoms with van der Waals surface area (Å²) in [5, 5.41) is 3.27. The van der Waals surface area contributed by atoms with Crippen molar-refractivity contribution in [1.29, 1.82) is 0 Å². The van der Waals surface area contributed by atoms with Gasteiger partial charge in [0.15, 0.2) is 0 Å². The molecule has 1 N–H and O–H groups in total. The van der Waals surface area contributed by atoms with E-state index < -0.39 is 0 Å². The van der Waals surface area contributed by atoms with E-state index in [0.29, 0.717) is 0 Å². The number of hydrogen-bond donors (Lipinski definition) is 1. The maximum absolute atomic E-state index is 3.27. The Morgan fingerprint density at radius 1 is 1.07 bits per heavy atom. The highest BCUT2D eigenvalue weighted by atomic mass is 14.8. The van der Waals surface area contributed by atoms with Gasteiger partial charge in [-0.15, -0.1) is 0 Å². The SMILES string of the molecule is C(#Cc1ccccc1)C1=CCNCC1. The summed E-state index contributed by atoms with van der Waals surface area (Å²) in [4.78, 5) is 0. The zero-order valence-corrected chi connectivity index (χ0v) is 8.09. The summed E-state index contributed by atoms with van der Waals surface area (Å²) >= 11 is 0. The van der Waals surface area contributed by atoms with Crippen molar-refractivity contribution in [2.24, 2.45) is 0 Å². The van der Waals surface area contributed by atoms with Gasteiger partial charge < -0.3 is 5.32 Å². The molecule has 1 aromatic rings. The van der Waals surface area contributed by atoms with Crippen LogP contribution in [0.15, 0.2) is 42.0 Å². The zero-order chi connectivity index (χ0) is 9.64. The Bertz CT molecular complexity index is 379. The summed E-state index contributed by atoms with van der Waals surface area (Å²) in [5.74, 6) is 6.38. The van der Waals surface area contributed by atoms with Crippen molar-refractivity contribution < 1.29 is 0 Å². The normalized spacial score (nSPS) is 15.3. The van der Waals surface area contributed by atoms with Crippen LogP contribution in [-0.4, -0.2) is 13.1 Å². The van der Waals surface area contributed by atoms with Crippen molar-refractivity contribution in [3.8, 4) is 11.8 Å². The van der Waals surface area contributed by atoms with E-state index in [4.69, 9.17) is 0 Å². The Morgan fingerprint density at radius 2 is 1.93 bits per heavy atom. The molecule has 0 spiro atoms. The predicted molar refractivity (Wildman–Crippen MR) is 58.9 cm³/mol. The second kappa shape index (κ2) is 4.64. The lowest BCUT2D eigenvalue weighted by Gasteiger charge is -2.07. The second-order valence-corrected chi connectivity index (χ2v) is 3.30. The Balaban J connectivity index is 2.10. The van der Waals surface area contributed by atoms with Crippen LogP contribution < -0.4 is 5.32 Å². The minimum atomic E-state index is 0.957. The molecule has 1 heteroatoms. The van der Waals surface area contributed by atoms with Gasteiger partial charge in [0.1, 0.15) is 0 Å². The summed E-state index contributed by atoms with van der Waals surface area (Å²) in [6, 6.07) is 10.1. The molecule has 0 fully saturated rings. The third-order valence-corrected chi connectivity index (χ3v) is 2.21. The van der Waals surface area contributed by atoms with Crippen molar-refractivity contribution in [3.05, 3.63) is 47.5 Å². The van der Waals surface area contributed by atoms with Crippen LogP contribution in [0.25, 0.3) is 0 Å². The first-order valence-electron chi connectivity index (χ1n) is 4.92. The molecule has 0 amide bonds. The molecule has 0 atom stereocenters. The van der Waals surface area contributed by atoms with E-state index in [9.17, 15) is 0 Å². The molecular formula is C13H13N. The molecule has 0 aliphatic carbocycles. The van der Waals surface area contributed by atoms with Crippen LogP contribution in [0.2, 0.25) is 0 Å². The standard InChI is InChI=1S/C13H13N/c1-2-4-12(5-3-1)6-7-13-8-10-14-11-9-13/h1-5,8,14H,9-11H2. The van der Waals surface area contributed by atoms with Crippen LogP contribution >= 0.6 is 0 Å². The Labute approximate surface area is 84.8 Å². The summed E-state index contributed by atoms with van der Waals surface area (Å²) in [5.41, 5.74) is 2.35. The van der Waals surface area contributed by atoms with E-state index in [1.807, 2.05) is 30.3 Å². The van der Waals surface area contributed by atoms with E-state index in [1.54, 1.807) is 0 Å². The molecule has 1 aliphatic heterocycles. The highest BCUT2D eigenvalue weighted by Crippen LogP contribution is 2.03. The number of rotatable bonds is 0. The van der Waals surface area contributed by atoms with Crippen molar-refractivity contribution in [3.63, 3.8) is 0 Å². The lowest BCUT2D eigenvalue weighted by atomic mass is 10.1. The maximum Gasteiger partial charge on any atom is 0.0248 e. The predicted octanol–water partition coefficient (Wildman–Crippen LogP) is 1.96. The smallest absolute Gasteiger partial charge is 0.0248 e. The zero-order valence-electron chi connectivity index (χ0n) is 8.09. The third kappa shape index (κ3) is 2.48. The molecule has 0 unspecified atom stereocenters. The van der Waals surface area contributed by atoms with Gasteiger partial charge in [0.25, 0.3) is 0 Å². The highest BCUT2D eigenvalue weighted by Gasteiger charge is 1.97. The molecule has 0 saturated carbocycles. The van der Waals surface area contributed by atoms with Crippen LogP contribution in [0.4, 0.5) is 0 Å². The minimum absolute atomic E-state index is 0.957. The lowest BCUT2D eigenvalue weighted by Crippen LogP contribution is -2.19. The fourth-order valence-corrected chi connectivity index (χ4v) is 1.41. The molecule has 70 valence electrons. The van der Waals surface area contributed by atoms with Crippen LogP contribution in [-0.2, 0) is 0 Å². The molecule has 2 rings (SSSR count). The summed E-state index contributed by atoms with van der Waals surface area (Å²) in [6.45, 7) is 2.01. The van der Waals surface area contributed by atoms with Gasteiger partial charge in [-0.25, -0.2) is 0 Å². The molecule has 14 heavy (non-hydrogen) atoms. The highest BCUT2D eigenvalue weighted by molar-refractivity contribution is 5.40. The van der Waals surface area contributed by atoms with E-state index in [-0.39, 0.29) is 0 Å². The van der Waals surface area contributed by atoms with Crippen LogP contribution in [0.1, 0.15) is 12.0 Å². The van der Waals surface area contributed by atoms with Crippen molar-refractivity contribution in [1.82, 2.24) is 5.32 Å². The Morgan fingerprint density at radius 3 is 2.64 bits per heavy atom. The topological polar surface area (TPSA) is 12.0 Å². The lowest BCUT2D eigenvalue weighted by molar-refractivity contribution is 0.715. The van der Waals surface area contributed by atoms with Crippen molar-refractivity contribution in [2.45, 2.75) is 6.42 Å². The molecule has 1 aliphatic rings. The van der Waals surface area contributed by atoms with Gasteiger partial charge in [-0.1, -0.05) is 36.1 Å². The van der Waals surface area contributed by atoms with Crippen molar-refractivity contribution in [2.75, 3.05) is 13.1 Å². The molecule has 0 radical (unpaired) electrons. The van der Waals surface area contributed by atoms with Crippen LogP contribution in [0, 0.1) is 11.8 Å². The maximum atomic E-state index is 3.27. The molecule has 1 heterocycles. The van der Waals surface area contributed by atoms with E-state index in [2.05, 4.69) is 23.2 Å². The van der Waals surface area contributed by atoms with Gasteiger partial charge in [-0.2, -0.15) is 0 Å². The summed E-state index contributed by atoms with van der Waals surface area (Å²) in [6.07, 6.45) is 3.22. The minimum Gasteiger partial charge on any atom is -0.313 e. The first-order chi connectivity index (χ1) is 6.95. The first-order valence-corrected chi connectivity index (χ1v) is 4.92. The van der Waals surface area contributed by atoms with Crippen molar-refractivity contribution >= 4 is 0 Å². The molecule has 0 saturated heterocycles. The van der Waals surface area contributed by atoms with E-state index in [0.717, 1.165) is 25.1 Å². The van der Waals surface area contributed by atoms with Gasteiger partial charge in [0.2, 0.25) is 0 Å². The fourth-order valence-electron chi connectivity index (χ4n) is 1.41. The first kappa shape index (κ1) is 9.05. The van der Waals surface area contributed by atoms with Gasteiger partial charge in [0, 0.05) is 24.2 Å². The average Bonchev–Trinajstić information content (AvgIpc) is 2.29. The largest absolute Gasteiger partial charge is 0.313 e.